The molecule has 0 radical (unpaired) electrons. The Bertz CT molecular complexity index is 573. The number of pyridine rings is 1. The van der Waals surface area contributed by atoms with Crippen molar-refractivity contribution in [2.24, 2.45) is 5.73 Å². The summed E-state index contributed by atoms with van der Waals surface area (Å²) >= 11 is 0. The van der Waals surface area contributed by atoms with Gasteiger partial charge in [0.2, 0.25) is 0 Å². The van der Waals surface area contributed by atoms with E-state index in [-0.39, 0.29) is 24.1 Å². The van der Waals surface area contributed by atoms with Gasteiger partial charge >= 0.3 is 6.18 Å². The third-order valence-electron chi connectivity index (χ3n) is 3.50. The number of nitrogens with zero attached hydrogens (tertiary/aromatic N) is 2. The molecule has 118 valence electrons. The molecule has 0 aromatic carbocycles. The van der Waals surface area contributed by atoms with Crippen molar-refractivity contribution in [1.29, 1.82) is 0 Å². The van der Waals surface area contributed by atoms with Gasteiger partial charge in [-0.25, -0.2) is 8.42 Å². The predicted molar refractivity (Wildman–Crippen MR) is 71.3 cm³/mol. The standard InChI is InChI=1S/C12H16F3N3O2S/c13-12(14,15)11-2-1-9(8-17-11)10(7-16)18-3-5-21(19,20)6-4-18/h1-2,8,10H,3-7,16H2. The number of halogens is 3. The first kappa shape index (κ1) is 16.2. The Labute approximate surface area is 120 Å². The quantitative estimate of drug-likeness (QED) is 0.892. The number of rotatable bonds is 3. The van der Waals surface area contributed by atoms with Crippen molar-refractivity contribution in [3.63, 3.8) is 0 Å². The number of hydrogen-bond acceptors (Lipinski definition) is 5. The summed E-state index contributed by atoms with van der Waals surface area (Å²) in [5.74, 6) is 0.0785. The van der Waals surface area contributed by atoms with E-state index in [9.17, 15) is 21.6 Å². The van der Waals surface area contributed by atoms with Gasteiger partial charge in [-0.1, -0.05) is 6.07 Å². The Morgan fingerprint density at radius 1 is 1.29 bits per heavy atom. The van der Waals surface area contributed by atoms with Crippen LogP contribution in [-0.2, 0) is 16.0 Å². The van der Waals surface area contributed by atoms with Gasteiger partial charge in [0.05, 0.1) is 11.5 Å². The molecule has 1 saturated heterocycles. The molecule has 1 aromatic rings. The Hall–Kier alpha value is -1.19. The van der Waals surface area contributed by atoms with Crippen molar-refractivity contribution in [3.05, 3.63) is 29.6 Å². The predicted octanol–water partition coefficient (Wildman–Crippen LogP) is 0.831. The Kier molecular flexibility index (Phi) is 4.54. The molecule has 1 atom stereocenters. The second kappa shape index (κ2) is 5.90. The Morgan fingerprint density at radius 2 is 1.90 bits per heavy atom. The van der Waals surface area contributed by atoms with Crippen LogP contribution in [0.4, 0.5) is 13.2 Å². The number of nitrogens with two attached hydrogens (primary N) is 1. The molecule has 21 heavy (non-hydrogen) atoms. The first-order chi connectivity index (χ1) is 9.73. The minimum Gasteiger partial charge on any atom is -0.329 e. The molecule has 0 spiro atoms. The molecule has 1 aromatic heterocycles. The SMILES string of the molecule is NCC(c1ccc(C(F)(F)F)nc1)N1CCS(=O)(=O)CC1. The monoisotopic (exact) mass is 323 g/mol. The summed E-state index contributed by atoms with van der Waals surface area (Å²) in [5.41, 5.74) is 5.29. The Morgan fingerprint density at radius 3 is 2.33 bits per heavy atom. The minimum atomic E-state index is -4.48. The molecule has 0 amide bonds. The van der Waals surface area contributed by atoms with Gasteiger partial charge < -0.3 is 5.73 Å². The summed E-state index contributed by atoms with van der Waals surface area (Å²) in [7, 11) is -3.01. The second-order valence-electron chi connectivity index (χ2n) is 4.91. The highest BCUT2D eigenvalue weighted by atomic mass is 32.2. The van der Waals surface area contributed by atoms with Crippen molar-refractivity contribution >= 4 is 9.84 Å². The van der Waals surface area contributed by atoms with Gasteiger partial charge in [0.15, 0.2) is 9.84 Å². The fourth-order valence-electron chi connectivity index (χ4n) is 2.30. The molecule has 1 aliphatic heterocycles. The lowest BCUT2D eigenvalue weighted by Crippen LogP contribution is -2.44. The van der Waals surface area contributed by atoms with Crippen molar-refractivity contribution in [3.8, 4) is 0 Å². The molecule has 0 bridgehead atoms. The van der Waals surface area contributed by atoms with Crippen LogP contribution < -0.4 is 5.73 Å². The summed E-state index contributed by atoms with van der Waals surface area (Å²) in [6, 6.07) is 1.94. The van der Waals surface area contributed by atoms with E-state index < -0.39 is 21.7 Å². The normalized spacial score (nSPS) is 21.1. The molecule has 1 unspecified atom stereocenters. The van der Waals surface area contributed by atoms with E-state index in [4.69, 9.17) is 5.73 Å². The fraction of sp³-hybridized carbons (Fsp3) is 0.583. The van der Waals surface area contributed by atoms with E-state index in [1.165, 1.54) is 6.07 Å². The average molecular weight is 323 g/mol. The molecular formula is C12H16F3N3O2S. The summed E-state index contributed by atoms with van der Waals surface area (Å²) in [6.45, 7) is 0.837. The highest BCUT2D eigenvalue weighted by molar-refractivity contribution is 7.91. The maximum atomic E-state index is 12.5. The van der Waals surface area contributed by atoms with Gasteiger partial charge in [0.1, 0.15) is 5.69 Å². The smallest absolute Gasteiger partial charge is 0.329 e. The minimum absolute atomic E-state index is 0.0392. The van der Waals surface area contributed by atoms with Gasteiger partial charge in [0.25, 0.3) is 0 Å². The highest BCUT2D eigenvalue weighted by Gasteiger charge is 2.33. The van der Waals surface area contributed by atoms with E-state index in [0.29, 0.717) is 18.7 Å². The van der Waals surface area contributed by atoms with E-state index in [2.05, 4.69) is 4.98 Å². The van der Waals surface area contributed by atoms with Crippen LogP contribution in [0.15, 0.2) is 18.3 Å². The zero-order valence-electron chi connectivity index (χ0n) is 11.2. The summed E-state index contributed by atoms with van der Waals surface area (Å²) in [6.07, 6.45) is -3.32. The van der Waals surface area contributed by atoms with Crippen LogP contribution >= 0.6 is 0 Å². The van der Waals surface area contributed by atoms with Crippen LogP contribution in [0.2, 0.25) is 0 Å². The van der Waals surface area contributed by atoms with Crippen LogP contribution in [0.5, 0.6) is 0 Å². The summed E-state index contributed by atoms with van der Waals surface area (Å²) in [5, 5.41) is 0. The lowest BCUT2D eigenvalue weighted by Gasteiger charge is -2.33. The van der Waals surface area contributed by atoms with Crippen LogP contribution in [0.25, 0.3) is 0 Å². The maximum Gasteiger partial charge on any atom is 0.433 e. The largest absolute Gasteiger partial charge is 0.433 e. The number of aromatic nitrogens is 1. The topological polar surface area (TPSA) is 76.3 Å². The molecule has 0 aliphatic carbocycles. The maximum absolute atomic E-state index is 12.5. The molecule has 1 fully saturated rings. The molecule has 2 rings (SSSR count). The Balaban J connectivity index is 2.15. The van der Waals surface area contributed by atoms with Gasteiger partial charge in [-0.3, -0.25) is 9.88 Å². The van der Waals surface area contributed by atoms with Crippen LogP contribution in [0, 0.1) is 0 Å². The van der Waals surface area contributed by atoms with Crippen LogP contribution in [0.3, 0.4) is 0 Å². The fourth-order valence-corrected chi connectivity index (χ4v) is 3.53. The highest BCUT2D eigenvalue weighted by Crippen LogP contribution is 2.29. The zero-order valence-corrected chi connectivity index (χ0v) is 12.0. The third-order valence-corrected chi connectivity index (χ3v) is 5.11. The number of hydrogen-bond donors (Lipinski definition) is 1. The van der Waals surface area contributed by atoms with E-state index in [0.717, 1.165) is 12.3 Å². The molecule has 2 heterocycles. The molecule has 5 nitrogen and oxygen atoms in total. The van der Waals surface area contributed by atoms with Crippen molar-refractivity contribution in [2.75, 3.05) is 31.1 Å². The van der Waals surface area contributed by atoms with E-state index in [1.807, 2.05) is 4.90 Å². The van der Waals surface area contributed by atoms with Crippen molar-refractivity contribution in [2.45, 2.75) is 12.2 Å². The zero-order chi connectivity index (χ0) is 15.7. The first-order valence-electron chi connectivity index (χ1n) is 6.40. The average Bonchev–Trinajstić information content (AvgIpc) is 2.41. The van der Waals surface area contributed by atoms with Crippen LogP contribution in [-0.4, -0.2) is 49.4 Å². The third kappa shape index (κ3) is 3.92. The lowest BCUT2D eigenvalue weighted by atomic mass is 10.1. The van der Waals surface area contributed by atoms with Gasteiger partial charge in [-0.2, -0.15) is 13.2 Å². The molecule has 9 heteroatoms. The molecule has 2 N–H and O–H groups in total. The van der Waals surface area contributed by atoms with E-state index >= 15 is 0 Å². The summed E-state index contributed by atoms with van der Waals surface area (Å²) < 4.78 is 60.2. The van der Waals surface area contributed by atoms with Gasteiger partial charge in [0, 0.05) is 31.9 Å². The first-order valence-corrected chi connectivity index (χ1v) is 8.23. The van der Waals surface area contributed by atoms with E-state index in [1.54, 1.807) is 0 Å². The van der Waals surface area contributed by atoms with Gasteiger partial charge in [-0.05, 0) is 11.6 Å². The van der Waals surface area contributed by atoms with Crippen LogP contribution in [0.1, 0.15) is 17.3 Å². The molecule has 0 saturated carbocycles. The van der Waals surface area contributed by atoms with Gasteiger partial charge in [-0.15, -0.1) is 0 Å². The number of sulfone groups is 1. The molecular weight excluding hydrogens is 307 g/mol. The number of alkyl halides is 3. The molecule has 1 aliphatic rings. The van der Waals surface area contributed by atoms with Crippen molar-refractivity contribution < 1.29 is 21.6 Å². The summed E-state index contributed by atoms with van der Waals surface area (Å²) in [4.78, 5) is 5.28. The van der Waals surface area contributed by atoms with Crippen molar-refractivity contribution in [1.82, 2.24) is 9.88 Å². The second-order valence-corrected chi connectivity index (χ2v) is 7.22. The lowest BCUT2D eigenvalue weighted by molar-refractivity contribution is -0.141.